The molecule has 1 aromatic heterocycles. The van der Waals surface area contributed by atoms with Crippen LogP contribution < -0.4 is 9.47 Å². The van der Waals surface area contributed by atoms with E-state index in [2.05, 4.69) is 22.0 Å². The average Bonchev–Trinajstić information content (AvgIpc) is 3.69. The number of methoxy groups -OCH3 is 3. The van der Waals surface area contributed by atoms with Gasteiger partial charge in [0, 0.05) is 56.6 Å². The van der Waals surface area contributed by atoms with Gasteiger partial charge in [0.2, 0.25) is 0 Å². The van der Waals surface area contributed by atoms with Gasteiger partial charge in [-0.05, 0) is 68.8 Å². The van der Waals surface area contributed by atoms with Crippen molar-refractivity contribution in [3.05, 3.63) is 58.9 Å². The Morgan fingerprint density at radius 3 is 2.69 bits per heavy atom. The summed E-state index contributed by atoms with van der Waals surface area (Å²) < 4.78 is 25.4. The predicted octanol–water partition coefficient (Wildman–Crippen LogP) is 3.37. The third-order valence-corrected chi connectivity index (χ3v) is 11.7. The first-order valence-electron chi connectivity index (χ1n) is 15.1. The molecule has 2 aliphatic heterocycles. The summed E-state index contributed by atoms with van der Waals surface area (Å²) in [4.78, 5) is 23.1. The highest BCUT2D eigenvalue weighted by molar-refractivity contribution is 5.97. The van der Waals surface area contributed by atoms with E-state index in [1.54, 1.807) is 44.5 Å². The maximum absolute atomic E-state index is 14.5. The van der Waals surface area contributed by atoms with E-state index in [1.807, 2.05) is 13.2 Å². The first-order chi connectivity index (χ1) is 20.3. The number of hydrogen-bond donors (Lipinski definition) is 1. The fourth-order valence-corrected chi connectivity index (χ4v) is 9.57. The smallest absolute Gasteiger partial charge is 0.252 e. The number of carbonyl (C=O) groups excluding carboxylic acids is 1. The van der Waals surface area contributed by atoms with Gasteiger partial charge < -0.3 is 29.0 Å². The number of aromatic nitrogens is 1. The van der Waals surface area contributed by atoms with Crippen molar-refractivity contribution in [3.8, 4) is 17.2 Å². The maximum atomic E-state index is 14.5. The Labute approximate surface area is 246 Å². The van der Waals surface area contributed by atoms with Gasteiger partial charge >= 0.3 is 0 Å². The van der Waals surface area contributed by atoms with Gasteiger partial charge in [-0.3, -0.25) is 14.7 Å². The van der Waals surface area contributed by atoms with Crippen LogP contribution in [-0.4, -0.2) is 90.6 Å². The highest BCUT2D eigenvalue weighted by Crippen LogP contribution is 2.75. The number of likely N-dealkylation sites (tertiary alicyclic amines) is 1. The Kier molecular flexibility index (Phi) is 5.49. The molecule has 5 atom stereocenters. The Balaban J connectivity index is 1.29. The minimum Gasteiger partial charge on any atom is -0.506 e. The molecule has 4 bridgehead atoms. The molecule has 2 spiro atoms. The molecule has 3 heterocycles. The van der Waals surface area contributed by atoms with E-state index in [4.69, 9.17) is 18.9 Å². The molecule has 9 nitrogen and oxygen atoms in total. The number of ether oxygens (including phenoxy) is 4. The molecule has 222 valence electrons. The van der Waals surface area contributed by atoms with Gasteiger partial charge in [0.15, 0.2) is 11.5 Å². The molecule has 2 aromatic rings. The third kappa shape index (κ3) is 3.09. The summed E-state index contributed by atoms with van der Waals surface area (Å²) in [5.74, 6) is 1.53. The second-order valence-corrected chi connectivity index (χ2v) is 13.3. The van der Waals surface area contributed by atoms with E-state index in [1.165, 1.54) is 11.1 Å². The van der Waals surface area contributed by atoms with Crippen molar-refractivity contribution < 1.29 is 28.8 Å². The lowest BCUT2D eigenvalue weighted by atomic mass is 9.37. The zero-order valence-electron chi connectivity index (χ0n) is 24.8. The highest BCUT2D eigenvalue weighted by atomic mass is 16.6. The second-order valence-electron chi connectivity index (χ2n) is 13.3. The summed E-state index contributed by atoms with van der Waals surface area (Å²) in [5.41, 5.74) is 2.12. The lowest BCUT2D eigenvalue weighted by molar-refractivity contribution is -0.200. The number of amides is 1. The van der Waals surface area contributed by atoms with E-state index >= 15 is 0 Å². The molecule has 1 N–H and O–H groups in total. The Bertz CT molecular complexity index is 1520. The van der Waals surface area contributed by atoms with Gasteiger partial charge in [-0.1, -0.05) is 12.1 Å². The molecule has 7 aliphatic rings. The van der Waals surface area contributed by atoms with Crippen molar-refractivity contribution in [2.45, 2.75) is 73.8 Å². The fourth-order valence-electron chi connectivity index (χ4n) is 9.57. The van der Waals surface area contributed by atoms with Crippen LogP contribution in [0.4, 0.5) is 0 Å². The lowest BCUT2D eigenvalue weighted by Crippen LogP contribution is -2.79. The normalized spacial score (nSPS) is 34.3. The molecule has 1 amide bonds. The number of rotatable bonds is 8. The van der Waals surface area contributed by atoms with Crippen LogP contribution in [0.25, 0.3) is 0 Å². The SMILES string of the molecule is COc1ccc2c3c1O[C@@H]1[C@]34CCN(CC3(OC)CC3)[C@H](C2)[C@@]42C=C(C(=O)N(C)Cc3ncccc3O)[C@]1(OC)CC2. The van der Waals surface area contributed by atoms with Crippen LogP contribution in [0.1, 0.15) is 48.9 Å². The van der Waals surface area contributed by atoms with E-state index in [0.29, 0.717) is 17.7 Å². The van der Waals surface area contributed by atoms with Crippen molar-refractivity contribution in [3.63, 3.8) is 0 Å². The molecular formula is C33H39N3O6. The minimum atomic E-state index is -0.908. The third-order valence-electron chi connectivity index (χ3n) is 11.7. The molecule has 42 heavy (non-hydrogen) atoms. The number of likely N-dealkylation sites (N-methyl/N-ethyl adjacent to an activating group) is 1. The first-order valence-corrected chi connectivity index (χ1v) is 15.1. The summed E-state index contributed by atoms with van der Waals surface area (Å²) in [6.07, 6.45) is 9.18. The molecule has 1 saturated heterocycles. The number of aromatic hydroxyl groups is 1. The second kappa shape index (κ2) is 8.71. The van der Waals surface area contributed by atoms with Gasteiger partial charge in [-0.15, -0.1) is 0 Å². The van der Waals surface area contributed by atoms with Crippen LogP contribution in [0.2, 0.25) is 0 Å². The quantitative estimate of drug-likeness (QED) is 0.514. The molecule has 3 fully saturated rings. The largest absolute Gasteiger partial charge is 0.506 e. The number of carbonyl (C=O) groups is 1. The Morgan fingerprint density at radius 2 is 1.98 bits per heavy atom. The van der Waals surface area contributed by atoms with Crippen molar-refractivity contribution in [2.75, 3.05) is 41.5 Å². The van der Waals surface area contributed by atoms with Crippen molar-refractivity contribution in [1.29, 1.82) is 0 Å². The van der Waals surface area contributed by atoms with Crippen LogP contribution in [0.3, 0.4) is 0 Å². The Morgan fingerprint density at radius 1 is 1.14 bits per heavy atom. The minimum absolute atomic E-state index is 0.0645. The molecule has 1 aromatic carbocycles. The van der Waals surface area contributed by atoms with Gasteiger partial charge in [0.05, 0.1) is 24.7 Å². The van der Waals surface area contributed by atoms with E-state index in [9.17, 15) is 9.90 Å². The van der Waals surface area contributed by atoms with E-state index in [-0.39, 0.29) is 46.8 Å². The molecule has 9 rings (SSSR count). The molecule has 0 radical (unpaired) electrons. The first kappa shape index (κ1) is 26.5. The summed E-state index contributed by atoms with van der Waals surface area (Å²) in [5, 5.41) is 10.4. The van der Waals surface area contributed by atoms with E-state index in [0.717, 1.165) is 56.7 Å². The predicted molar refractivity (Wildman–Crippen MR) is 154 cm³/mol. The number of pyridine rings is 1. The van der Waals surface area contributed by atoms with Crippen LogP contribution in [-0.2, 0) is 32.6 Å². The molecule has 2 saturated carbocycles. The van der Waals surface area contributed by atoms with E-state index < -0.39 is 5.60 Å². The summed E-state index contributed by atoms with van der Waals surface area (Å²) in [6, 6.07) is 7.75. The number of piperidine rings is 1. The molecule has 9 heteroatoms. The van der Waals surface area contributed by atoms with Crippen LogP contribution in [0.15, 0.2) is 42.1 Å². The number of nitrogens with zero attached hydrogens (tertiary/aromatic N) is 3. The molecule has 0 unspecified atom stereocenters. The van der Waals surface area contributed by atoms with Gasteiger partial charge in [-0.2, -0.15) is 0 Å². The summed E-state index contributed by atoms with van der Waals surface area (Å²) in [6.45, 7) is 2.04. The van der Waals surface area contributed by atoms with Gasteiger partial charge in [-0.25, -0.2) is 0 Å². The fraction of sp³-hybridized carbons (Fsp3) is 0.576. The van der Waals surface area contributed by atoms with Gasteiger partial charge in [0.1, 0.15) is 23.1 Å². The van der Waals surface area contributed by atoms with Crippen molar-refractivity contribution >= 4 is 5.91 Å². The standard InChI is InChI=1S/C33H39N3O6/c1-35(18-22-23(37)6-5-14-34-22)28(38)21-17-31-11-12-33(21,41-4)29-32(31)13-15-36(19-30(40-3)9-10-30)25(31)16-20-7-8-24(39-2)27(42-29)26(20)32/h5-8,14,17,25,29,37H,9-13,15-16,18-19H2,1-4H3/t25-,29-,31-,32+,33-/m1/s1. The van der Waals surface area contributed by atoms with Crippen molar-refractivity contribution in [2.24, 2.45) is 5.41 Å². The Hall–Kier alpha value is -3.14. The monoisotopic (exact) mass is 573 g/mol. The van der Waals surface area contributed by atoms with Crippen LogP contribution >= 0.6 is 0 Å². The zero-order chi connectivity index (χ0) is 29.1. The maximum Gasteiger partial charge on any atom is 0.252 e. The van der Waals surface area contributed by atoms with Crippen LogP contribution in [0, 0.1) is 5.41 Å². The summed E-state index contributed by atoms with van der Waals surface area (Å²) in [7, 11) is 7.02. The highest BCUT2D eigenvalue weighted by Gasteiger charge is 2.79. The summed E-state index contributed by atoms with van der Waals surface area (Å²) >= 11 is 0. The lowest BCUT2D eigenvalue weighted by Gasteiger charge is -2.70. The number of fused-ring (bicyclic) bond motifs is 1. The number of benzene rings is 1. The molecular weight excluding hydrogens is 534 g/mol. The average molecular weight is 574 g/mol. The molecule has 5 aliphatic carbocycles. The van der Waals surface area contributed by atoms with Crippen molar-refractivity contribution in [1.82, 2.24) is 14.8 Å². The zero-order valence-corrected chi connectivity index (χ0v) is 24.8. The van der Waals surface area contributed by atoms with Gasteiger partial charge in [0.25, 0.3) is 5.91 Å². The van der Waals surface area contributed by atoms with Crippen LogP contribution in [0.5, 0.6) is 17.2 Å². The number of hydrogen-bond acceptors (Lipinski definition) is 8. The topological polar surface area (TPSA) is 93.6 Å².